The van der Waals surface area contributed by atoms with E-state index in [0.29, 0.717) is 6.04 Å². The highest BCUT2D eigenvalue weighted by Crippen LogP contribution is 2.41. The summed E-state index contributed by atoms with van der Waals surface area (Å²) in [6.45, 7) is 5.70. The topological polar surface area (TPSA) is 21.3 Å². The van der Waals surface area contributed by atoms with E-state index in [-0.39, 0.29) is 0 Å². The van der Waals surface area contributed by atoms with Crippen molar-refractivity contribution in [3.8, 4) is 5.75 Å². The van der Waals surface area contributed by atoms with E-state index in [9.17, 15) is 0 Å². The van der Waals surface area contributed by atoms with Crippen LogP contribution in [0.1, 0.15) is 32.3 Å². The van der Waals surface area contributed by atoms with Gasteiger partial charge in [-0.15, -0.1) is 0 Å². The lowest BCUT2D eigenvalue weighted by atomic mass is 10.0. The van der Waals surface area contributed by atoms with Crippen LogP contribution < -0.4 is 10.1 Å². The molecule has 2 rings (SSSR count). The molecule has 1 aliphatic carbocycles. The van der Waals surface area contributed by atoms with Crippen LogP contribution >= 0.6 is 15.9 Å². The Balaban J connectivity index is 2.01. The molecule has 0 amide bonds. The fourth-order valence-electron chi connectivity index (χ4n) is 2.71. The molecule has 0 bridgehead atoms. The van der Waals surface area contributed by atoms with Gasteiger partial charge in [0, 0.05) is 6.04 Å². The molecule has 3 heteroatoms. The third-order valence-corrected chi connectivity index (χ3v) is 4.64. The molecule has 1 fully saturated rings. The van der Waals surface area contributed by atoms with Crippen LogP contribution in [0.4, 0.5) is 0 Å². The number of nitrogens with one attached hydrogen (secondary N) is 1. The van der Waals surface area contributed by atoms with Gasteiger partial charge in [-0.2, -0.15) is 0 Å². The molecule has 0 aromatic heterocycles. The second kappa shape index (κ2) is 6.76. The monoisotopic (exact) mass is 325 g/mol. The van der Waals surface area contributed by atoms with Crippen molar-refractivity contribution in [1.29, 1.82) is 0 Å². The molecule has 19 heavy (non-hydrogen) atoms. The molecular formula is C16H24BrNO. The van der Waals surface area contributed by atoms with Crippen LogP contribution in [0.3, 0.4) is 0 Å². The van der Waals surface area contributed by atoms with E-state index in [1.807, 2.05) is 6.07 Å². The minimum absolute atomic E-state index is 0.621. The van der Waals surface area contributed by atoms with Gasteiger partial charge in [0.05, 0.1) is 11.6 Å². The van der Waals surface area contributed by atoms with Gasteiger partial charge < -0.3 is 10.1 Å². The summed E-state index contributed by atoms with van der Waals surface area (Å²) < 4.78 is 6.33. The number of ether oxygens (including phenoxy) is 1. The SMILES string of the molecule is CCCNC(Cc1ccc(OC)c(Br)c1)C1CC1C. The number of rotatable bonds is 7. The quantitative estimate of drug-likeness (QED) is 0.817. The summed E-state index contributed by atoms with van der Waals surface area (Å²) in [6, 6.07) is 7.03. The van der Waals surface area contributed by atoms with E-state index >= 15 is 0 Å². The van der Waals surface area contributed by atoms with Crippen molar-refractivity contribution in [2.75, 3.05) is 13.7 Å². The molecular weight excluding hydrogens is 302 g/mol. The van der Waals surface area contributed by atoms with Crippen molar-refractivity contribution in [2.45, 2.75) is 39.2 Å². The highest BCUT2D eigenvalue weighted by atomic mass is 79.9. The maximum Gasteiger partial charge on any atom is 0.133 e. The fraction of sp³-hybridized carbons (Fsp3) is 0.625. The van der Waals surface area contributed by atoms with Gasteiger partial charge in [-0.05, 0) is 71.3 Å². The van der Waals surface area contributed by atoms with Crippen LogP contribution in [0, 0.1) is 11.8 Å². The van der Waals surface area contributed by atoms with E-state index in [0.717, 1.165) is 35.0 Å². The summed E-state index contributed by atoms with van der Waals surface area (Å²) in [5, 5.41) is 3.71. The highest BCUT2D eigenvalue weighted by molar-refractivity contribution is 9.10. The first kappa shape index (κ1) is 14.9. The van der Waals surface area contributed by atoms with Gasteiger partial charge in [0.1, 0.15) is 5.75 Å². The second-order valence-electron chi connectivity index (χ2n) is 5.61. The van der Waals surface area contributed by atoms with Crippen molar-refractivity contribution < 1.29 is 4.74 Å². The van der Waals surface area contributed by atoms with Crippen molar-refractivity contribution in [3.05, 3.63) is 28.2 Å². The molecule has 0 aliphatic heterocycles. The normalized spacial score (nSPS) is 23.2. The first-order valence-corrected chi connectivity index (χ1v) is 8.00. The molecule has 0 radical (unpaired) electrons. The Hall–Kier alpha value is -0.540. The second-order valence-corrected chi connectivity index (χ2v) is 6.46. The number of hydrogen-bond donors (Lipinski definition) is 1. The van der Waals surface area contributed by atoms with Crippen LogP contribution in [-0.4, -0.2) is 19.7 Å². The minimum Gasteiger partial charge on any atom is -0.496 e. The van der Waals surface area contributed by atoms with Gasteiger partial charge in [-0.1, -0.05) is 19.9 Å². The van der Waals surface area contributed by atoms with Crippen LogP contribution in [0.2, 0.25) is 0 Å². The highest BCUT2D eigenvalue weighted by Gasteiger charge is 2.38. The summed E-state index contributed by atoms with van der Waals surface area (Å²) >= 11 is 3.57. The zero-order chi connectivity index (χ0) is 13.8. The van der Waals surface area contributed by atoms with E-state index < -0.39 is 0 Å². The predicted molar refractivity (Wildman–Crippen MR) is 83.8 cm³/mol. The first-order valence-electron chi connectivity index (χ1n) is 7.21. The van der Waals surface area contributed by atoms with E-state index in [2.05, 4.69) is 47.2 Å². The largest absolute Gasteiger partial charge is 0.496 e. The average Bonchev–Trinajstić information content (AvgIpc) is 3.12. The first-order chi connectivity index (χ1) is 9.15. The standard InChI is InChI=1S/C16H24BrNO/c1-4-7-18-15(13-8-11(13)2)10-12-5-6-16(19-3)14(17)9-12/h5-6,9,11,13,15,18H,4,7-8,10H2,1-3H3. The molecule has 0 spiro atoms. The van der Waals surface area contributed by atoms with Gasteiger partial charge in [-0.25, -0.2) is 0 Å². The lowest BCUT2D eigenvalue weighted by Crippen LogP contribution is -2.34. The van der Waals surface area contributed by atoms with Gasteiger partial charge in [0.15, 0.2) is 0 Å². The lowest BCUT2D eigenvalue weighted by molar-refractivity contribution is 0.411. The van der Waals surface area contributed by atoms with Gasteiger partial charge in [0.2, 0.25) is 0 Å². The van der Waals surface area contributed by atoms with E-state index in [4.69, 9.17) is 4.74 Å². The fourth-order valence-corrected chi connectivity index (χ4v) is 3.30. The summed E-state index contributed by atoms with van der Waals surface area (Å²) in [6.07, 6.45) is 3.68. The molecule has 1 aromatic carbocycles. The predicted octanol–water partition coefficient (Wildman–Crippen LogP) is 4.02. The summed E-state index contributed by atoms with van der Waals surface area (Å²) in [5.41, 5.74) is 1.38. The Morgan fingerprint density at radius 3 is 2.74 bits per heavy atom. The summed E-state index contributed by atoms with van der Waals surface area (Å²) in [5.74, 6) is 2.64. The summed E-state index contributed by atoms with van der Waals surface area (Å²) in [7, 11) is 1.71. The minimum atomic E-state index is 0.621. The molecule has 0 saturated heterocycles. The van der Waals surface area contributed by atoms with E-state index in [1.165, 1.54) is 18.4 Å². The van der Waals surface area contributed by atoms with E-state index in [1.54, 1.807) is 7.11 Å². The average molecular weight is 326 g/mol. The van der Waals surface area contributed by atoms with Crippen LogP contribution in [0.5, 0.6) is 5.75 Å². The Bertz CT molecular complexity index is 421. The molecule has 1 aromatic rings. The number of halogens is 1. The Morgan fingerprint density at radius 1 is 1.47 bits per heavy atom. The van der Waals surface area contributed by atoms with Gasteiger partial charge >= 0.3 is 0 Å². The van der Waals surface area contributed by atoms with Crippen LogP contribution in [-0.2, 0) is 6.42 Å². The third kappa shape index (κ3) is 3.96. The van der Waals surface area contributed by atoms with Gasteiger partial charge in [0.25, 0.3) is 0 Å². The maximum absolute atomic E-state index is 5.28. The zero-order valence-corrected chi connectivity index (χ0v) is 13.7. The lowest BCUT2D eigenvalue weighted by Gasteiger charge is -2.19. The molecule has 3 atom stereocenters. The zero-order valence-electron chi connectivity index (χ0n) is 12.1. The smallest absolute Gasteiger partial charge is 0.133 e. The number of hydrogen-bond acceptors (Lipinski definition) is 2. The van der Waals surface area contributed by atoms with Crippen LogP contribution in [0.15, 0.2) is 22.7 Å². The molecule has 2 nitrogen and oxygen atoms in total. The molecule has 1 saturated carbocycles. The molecule has 3 unspecified atom stereocenters. The molecule has 1 N–H and O–H groups in total. The third-order valence-electron chi connectivity index (χ3n) is 4.02. The van der Waals surface area contributed by atoms with Crippen LogP contribution in [0.25, 0.3) is 0 Å². The molecule has 1 aliphatic rings. The van der Waals surface area contributed by atoms with Gasteiger partial charge in [-0.3, -0.25) is 0 Å². The van der Waals surface area contributed by atoms with Crippen molar-refractivity contribution in [2.24, 2.45) is 11.8 Å². The maximum atomic E-state index is 5.28. The van der Waals surface area contributed by atoms with Crippen molar-refractivity contribution in [1.82, 2.24) is 5.32 Å². The summed E-state index contributed by atoms with van der Waals surface area (Å²) in [4.78, 5) is 0. The molecule has 106 valence electrons. The number of methoxy groups -OCH3 is 1. The molecule has 0 heterocycles. The Kier molecular flexibility index (Phi) is 5.28. The Labute approximate surface area is 125 Å². The number of benzene rings is 1. The Morgan fingerprint density at radius 2 is 2.21 bits per heavy atom. The van der Waals surface area contributed by atoms with Crippen molar-refractivity contribution in [3.63, 3.8) is 0 Å². The van der Waals surface area contributed by atoms with Crippen molar-refractivity contribution >= 4 is 15.9 Å².